The molecular weight excluding hydrogens is 332 g/mol. The van der Waals surface area contributed by atoms with Crippen LogP contribution >= 0.6 is 0 Å². The van der Waals surface area contributed by atoms with Gasteiger partial charge in [-0.15, -0.1) is 0 Å². The second-order valence-electron chi connectivity index (χ2n) is 8.74. The number of carbonyl (C=O) groups excluding carboxylic acids is 3. The summed E-state index contributed by atoms with van der Waals surface area (Å²) >= 11 is 0. The van der Waals surface area contributed by atoms with Crippen LogP contribution in [0.1, 0.15) is 58.3 Å². The highest BCUT2D eigenvalue weighted by molar-refractivity contribution is 6.07. The van der Waals surface area contributed by atoms with Gasteiger partial charge in [0, 0.05) is 25.0 Å². The van der Waals surface area contributed by atoms with Crippen molar-refractivity contribution in [3.8, 4) is 0 Å². The standard InChI is InChI=1S/C19H30N4O3/c1-13-4-8-19(9-5-13)17(25)23(18(26)21-19)12-22-10-6-14(7-11-22)16(24)20-15-2-3-15/h13-15H,2-12H2,1H3,(H,20,24)(H,21,26). The van der Waals surface area contributed by atoms with Crippen LogP contribution in [0.15, 0.2) is 0 Å². The molecule has 4 amide bonds. The third kappa shape index (κ3) is 3.46. The van der Waals surface area contributed by atoms with Crippen LogP contribution in [-0.2, 0) is 9.59 Å². The molecule has 0 unspecified atom stereocenters. The van der Waals surface area contributed by atoms with Gasteiger partial charge in [0.1, 0.15) is 5.54 Å². The lowest BCUT2D eigenvalue weighted by Gasteiger charge is -2.35. The highest BCUT2D eigenvalue weighted by atomic mass is 16.2. The van der Waals surface area contributed by atoms with E-state index in [2.05, 4.69) is 22.5 Å². The van der Waals surface area contributed by atoms with Gasteiger partial charge in [-0.2, -0.15) is 0 Å². The molecule has 0 radical (unpaired) electrons. The van der Waals surface area contributed by atoms with Gasteiger partial charge in [-0.1, -0.05) is 6.92 Å². The Morgan fingerprint density at radius 2 is 1.77 bits per heavy atom. The molecule has 0 atom stereocenters. The summed E-state index contributed by atoms with van der Waals surface area (Å²) in [5.41, 5.74) is -0.661. The first-order valence-corrected chi connectivity index (χ1v) is 10.1. The molecule has 0 aromatic rings. The summed E-state index contributed by atoms with van der Waals surface area (Å²) in [7, 11) is 0. The number of piperidine rings is 1. The summed E-state index contributed by atoms with van der Waals surface area (Å²) in [6, 6.07) is 0.152. The van der Waals surface area contributed by atoms with Crippen LogP contribution in [0.2, 0.25) is 0 Å². The highest BCUT2D eigenvalue weighted by Crippen LogP contribution is 2.36. The second-order valence-corrected chi connectivity index (χ2v) is 8.74. The van der Waals surface area contributed by atoms with Gasteiger partial charge in [0.05, 0.1) is 6.67 Å². The van der Waals surface area contributed by atoms with E-state index in [0.29, 0.717) is 18.6 Å². The van der Waals surface area contributed by atoms with E-state index in [1.165, 1.54) is 4.90 Å². The Labute approximate surface area is 154 Å². The number of urea groups is 1. The van der Waals surface area contributed by atoms with Crippen LogP contribution in [0.3, 0.4) is 0 Å². The molecule has 0 aromatic heterocycles. The van der Waals surface area contributed by atoms with E-state index in [1.54, 1.807) is 0 Å². The number of imide groups is 1. The van der Waals surface area contributed by atoms with Crippen molar-refractivity contribution in [1.29, 1.82) is 0 Å². The second kappa shape index (κ2) is 6.83. The molecule has 2 aliphatic carbocycles. The number of rotatable bonds is 4. The largest absolute Gasteiger partial charge is 0.353 e. The number of hydrogen-bond acceptors (Lipinski definition) is 4. The van der Waals surface area contributed by atoms with Gasteiger partial charge in [-0.25, -0.2) is 9.69 Å². The summed E-state index contributed by atoms with van der Waals surface area (Å²) in [5, 5.41) is 6.06. The van der Waals surface area contributed by atoms with E-state index < -0.39 is 5.54 Å². The number of carbonyl (C=O) groups is 3. The van der Waals surface area contributed by atoms with Gasteiger partial charge in [0.2, 0.25) is 5.91 Å². The van der Waals surface area contributed by atoms with Crippen molar-refractivity contribution < 1.29 is 14.4 Å². The average molecular weight is 362 g/mol. The van der Waals surface area contributed by atoms with E-state index in [0.717, 1.165) is 64.5 Å². The van der Waals surface area contributed by atoms with Crippen LogP contribution < -0.4 is 10.6 Å². The molecule has 144 valence electrons. The quantitative estimate of drug-likeness (QED) is 0.742. The van der Waals surface area contributed by atoms with Gasteiger partial charge >= 0.3 is 6.03 Å². The molecule has 1 spiro atoms. The maximum atomic E-state index is 12.9. The lowest BCUT2D eigenvalue weighted by atomic mass is 9.77. The van der Waals surface area contributed by atoms with E-state index >= 15 is 0 Å². The molecule has 4 fully saturated rings. The predicted octanol–water partition coefficient (Wildman–Crippen LogP) is 1.44. The van der Waals surface area contributed by atoms with E-state index in [-0.39, 0.29) is 23.8 Å². The predicted molar refractivity (Wildman–Crippen MR) is 96.1 cm³/mol. The smallest absolute Gasteiger partial charge is 0.326 e. The summed E-state index contributed by atoms with van der Waals surface area (Å²) in [6.07, 6.45) is 7.28. The maximum Gasteiger partial charge on any atom is 0.326 e. The first-order chi connectivity index (χ1) is 12.5. The third-order valence-electron chi connectivity index (χ3n) is 6.60. The molecule has 2 N–H and O–H groups in total. The zero-order valence-electron chi connectivity index (χ0n) is 15.6. The van der Waals surface area contributed by atoms with E-state index in [9.17, 15) is 14.4 Å². The Balaban J connectivity index is 1.30. The Morgan fingerprint density at radius 3 is 2.38 bits per heavy atom. The van der Waals surface area contributed by atoms with Crippen LogP contribution in [0.5, 0.6) is 0 Å². The van der Waals surface area contributed by atoms with Crippen LogP contribution in [0.25, 0.3) is 0 Å². The summed E-state index contributed by atoms with van der Waals surface area (Å²) < 4.78 is 0. The molecule has 0 aromatic carbocycles. The van der Waals surface area contributed by atoms with Crippen LogP contribution in [0, 0.1) is 11.8 Å². The number of likely N-dealkylation sites (tertiary alicyclic amines) is 1. The molecular formula is C19H30N4O3. The minimum atomic E-state index is -0.661. The normalized spacial score (nSPS) is 33.6. The molecule has 4 rings (SSSR count). The topological polar surface area (TPSA) is 81.8 Å². The third-order valence-corrected chi connectivity index (χ3v) is 6.60. The zero-order chi connectivity index (χ0) is 18.3. The van der Waals surface area contributed by atoms with Crippen molar-refractivity contribution >= 4 is 17.8 Å². The van der Waals surface area contributed by atoms with Crippen molar-refractivity contribution in [2.75, 3.05) is 19.8 Å². The number of hydrogen-bond donors (Lipinski definition) is 2. The molecule has 0 bridgehead atoms. The number of nitrogens with one attached hydrogen (secondary N) is 2. The molecule has 7 nitrogen and oxygen atoms in total. The number of nitrogens with zero attached hydrogens (tertiary/aromatic N) is 2. The molecule has 7 heteroatoms. The van der Waals surface area contributed by atoms with Crippen molar-refractivity contribution in [3.05, 3.63) is 0 Å². The SMILES string of the molecule is CC1CCC2(CC1)NC(=O)N(CN1CCC(C(=O)NC3CC3)CC1)C2=O. The molecule has 26 heavy (non-hydrogen) atoms. The Bertz CT molecular complexity index is 588. The Morgan fingerprint density at radius 1 is 1.12 bits per heavy atom. The van der Waals surface area contributed by atoms with Crippen molar-refractivity contribution in [3.63, 3.8) is 0 Å². The minimum Gasteiger partial charge on any atom is -0.353 e. The lowest BCUT2D eigenvalue weighted by molar-refractivity contribution is -0.135. The fourth-order valence-electron chi connectivity index (χ4n) is 4.48. The van der Waals surface area contributed by atoms with E-state index in [1.807, 2.05) is 0 Å². The van der Waals surface area contributed by atoms with Crippen molar-refractivity contribution in [2.45, 2.75) is 69.9 Å². The monoisotopic (exact) mass is 362 g/mol. The summed E-state index contributed by atoms with van der Waals surface area (Å²) in [6.45, 7) is 4.06. The first-order valence-electron chi connectivity index (χ1n) is 10.1. The lowest BCUT2D eigenvalue weighted by Crippen LogP contribution is -2.50. The minimum absolute atomic E-state index is 0.0528. The van der Waals surface area contributed by atoms with Crippen molar-refractivity contribution in [1.82, 2.24) is 20.4 Å². The molecule has 4 aliphatic rings. The van der Waals surface area contributed by atoms with E-state index in [4.69, 9.17) is 0 Å². The molecule has 2 saturated carbocycles. The zero-order valence-corrected chi connectivity index (χ0v) is 15.6. The maximum absolute atomic E-state index is 12.9. The molecule has 2 aliphatic heterocycles. The average Bonchev–Trinajstić information content (AvgIpc) is 3.42. The Kier molecular flexibility index (Phi) is 4.67. The fraction of sp³-hybridized carbons (Fsp3) is 0.842. The van der Waals surface area contributed by atoms with Crippen LogP contribution in [-0.4, -0.2) is 59.0 Å². The van der Waals surface area contributed by atoms with Crippen molar-refractivity contribution in [2.24, 2.45) is 11.8 Å². The van der Waals surface area contributed by atoms with Gasteiger partial charge in [-0.05, 0) is 57.3 Å². The fourth-order valence-corrected chi connectivity index (χ4v) is 4.48. The first kappa shape index (κ1) is 17.8. The Hall–Kier alpha value is -1.63. The number of amides is 4. The summed E-state index contributed by atoms with van der Waals surface area (Å²) in [5.74, 6) is 0.821. The summed E-state index contributed by atoms with van der Waals surface area (Å²) in [4.78, 5) is 41.0. The molecule has 2 heterocycles. The molecule has 2 saturated heterocycles. The van der Waals surface area contributed by atoms with Gasteiger partial charge < -0.3 is 10.6 Å². The van der Waals surface area contributed by atoms with Gasteiger partial charge in [-0.3, -0.25) is 14.5 Å². The highest BCUT2D eigenvalue weighted by Gasteiger charge is 2.52. The van der Waals surface area contributed by atoms with Gasteiger partial charge in [0.25, 0.3) is 5.91 Å². The van der Waals surface area contributed by atoms with Gasteiger partial charge in [0.15, 0.2) is 0 Å². The van der Waals surface area contributed by atoms with Crippen LogP contribution in [0.4, 0.5) is 4.79 Å².